The van der Waals surface area contributed by atoms with Gasteiger partial charge in [-0.3, -0.25) is 9.78 Å². The lowest BCUT2D eigenvalue weighted by Gasteiger charge is -2.45. The number of piperazine rings is 1. The summed E-state index contributed by atoms with van der Waals surface area (Å²) in [4.78, 5) is 57.3. The quantitative estimate of drug-likeness (QED) is 0.241. The van der Waals surface area contributed by atoms with Crippen molar-refractivity contribution >= 4 is 47.9 Å². The number of halogens is 1. The largest absolute Gasteiger partial charge is 0.355 e. The zero-order valence-electron chi connectivity index (χ0n) is 25.3. The maximum Gasteiger partial charge on any atom is 0.355 e. The Morgan fingerprint density at radius 2 is 1.79 bits per heavy atom. The summed E-state index contributed by atoms with van der Waals surface area (Å²) < 4.78 is 1.51. The van der Waals surface area contributed by atoms with Crippen LogP contribution in [0.4, 0.5) is 5.82 Å². The monoisotopic (exact) mass is 596 g/mol. The van der Waals surface area contributed by atoms with Crippen LogP contribution in [0.1, 0.15) is 55.2 Å². The number of carbonyl (C=O) groups excluding carboxylic acids is 2. The van der Waals surface area contributed by atoms with Gasteiger partial charge in [0.1, 0.15) is 11.5 Å². The van der Waals surface area contributed by atoms with Gasteiger partial charge in [-0.2, -0.15) is 4.98 Å². The maximum atomic E-state index is 14.2. The van der Waals surface area contributed by atoms with Gasteiger partial charge in [-0.25, -0.2) is 14.3 Å². The molecule has 1 fully saturated rings. The molecule has 0 N–H and O–H groups in total. The summed E-state index contributed by atoms with van der Waals surface area (Å²) in [6, 6.07) is 10.5. The minimum atomic E-state index is -0.509. The van der Waals surface area contributed by atoms with Gasteiger partial charge in [-0.1, -0.05) is 56.3 Å². The van der Waals surface area contributed by atoms with E-state index in [1.807, 2.05) is 46.8 Å². The molecule has 0 bridgehead atoms. The molecule has 43 heavy (non-hydrogen) atoms. The Morgan fingerprint density at radius 1 is 1.12 bits per heavy atom. The summed E-state index contributed by atoms with van der Waals surface area (Å²) in [5.74, 6) is 0.311. The molecule has 0 radical (unpaired) electrons. The van der Waals surface area contributed by atoms with E-state index in [2.05, 4.69) is 21.4 Å². The predicted molar refractivity (Wildman–Crippen MR) is 173 cm³/mol. The summed E-state index contributed by atoms with van der Waals surface area (Å²) in [6.07, 6.45) is 3.05. The minimum Gasteiger partial charge on any atom is -0.347 e. The van der Waals surface area contributed by atoms with E-state index in [0.29, 0.717) is 57.5 Å². The Labute approximate surface area is 256 Å². The fraction of sp³-hybridized carbons (Fsp3) is 0.312. The van der Waals surface area contributed by atoms with E-state index < -0.39 is 5.69 Å². The summed E-state index contributed by atoms with van der Waals surface area (Å²) in [5.41, 5.74) is 3.36. The van der Waals surface area contributed by atoms with Crippen LogP contribution in [0.15, 0.2) is 60.0 Å². The van der Waals surface area contributed by atoms with Crippen molar-refractivity contribution < 1.29 is 9.59 Å². The number of benzene rings is 1. The molecule has 0 saturated carbocycles. The standard InChI is InChI=1S/C32H34BClN6O3/c1-7-25(41)38-15-19(5)39(20(6)16-38)31-23-14-24(34)27(21-10-8-9-11-22(21)29(33)42)36-30(23)40(32(43)37-31)28-18(4)12-13-35-26(28)17(2)3/h7-14,17,19-20H,1,15-16,33H2,2-6H3/t19-,20-/m0/s1. The molecule has 4 heterocycles. The molecule has 1 aromatic carbocycles. The summed E-state index contributed by atoms with van der Waals surface area (Å²) >= 11 is 6.95. The normalized spacial score (nSPS) is 17.0. The fourth-order valence-corrected chi connectivity index (χ4v) is 6.28. The molecule has 1 saturated heterocycles. The van der Waals surface area contributed by atoms with E-state index in [9.17, 15) is 14.4 Å². The van der Waals surface area contributed by atoms with Crippen molar-refractivity contribution in [3.8, 4) is 16.9 Å². The smallest absolute Gasteiger partial charge is 0.347 e. The molecule has 1 aliphatic rings. The number of fused-ring (bicyclic) bond motifs is 1. The van der Waals surface area contributed by atoms with Crippen LogP contribution in [-0.4, -0.2) is 69.0 Å². The first-order valence-electron chi connectivity index (χ1n) is 14.3. The van der Waals surface area contributed by atoms with Crippen LogP contribution >= 0.6 is 11.6 Å². The second-order valence-electron chi connectivity index (χ2n) is 11.4. The molecule has 1 aliphatic heterocycles. The number of aromatic nitrogens is 4. The van der Waals surface area contributed by atoms with Gasteiger partial charge in [-0.05, 0) is 50.5 Å². The maximum absolute atomic E-state index is 14.2. The molecule has 3 aromatic heterocycles. The van der Waals surface area contributed by atoms with Crippen molar-refractivity contribution in [2.75, 3.05) is 18.0 Å². The number of carbonyl (C=O) groups is 2. The number of hydrogen-bond acceptors (Lipinski definition) is 7. The van der Waals surface area contributed by atoms with Crippen LogP contribution in [0.25, 0.3) is 28.0 Å². The van der Waals surface area contributed by atoms with Crippen molar-refractivity contribution in [1.29, 1.82) is 0 Å². The molecule has 9 nitrogen and oxygen atoms in total. The highest BCUT2D eigenvalue weighted by molar-refractivity contribution is 6.63. The molecular weight excluding hydrogens is 563 g/mol. The molecule has 220 valence electrons. The molecular formula is C32H34BClN6O3. The number of pyridine rings is 2. The Balaban J connectivity index is 1.86. The first-order chi connectivity index (χ1) is 20.4. The second kappa shape index (κ2) is 11.8. The van der Waals surface area contributed by atoms with Crippen molar-refractivity contribution in [3.63, 3.8) is 0 Å². The number of amides is 1. The van der Waals surface area contributed by atoms with E-state index in [-0.39, 0.29) is 29.6 Å². The first kappa shape index (κ1) is 30.2. The van der Waals surface area contributed by atoms with Crippen LogP contribution in [0.2, 0.25) is 5.02 Å². The zero-order valence-corrected chi connectivity index (χ0v) is 26.0. The van der Waals surface area contributed by atoms with Gasteiger partial charge in [0.2, 0.25) is 5.91 Å². The fourth-order valence-electron chi connectivity index (χ4n) is 6.02. The van der Waals surface area contributed by atoms with Crippen LogP contribution in [0.5, 0.6) is 0 Å². The molecule has 1 amide bonds. The average Bonchev–Trinajstić information content (AvgIpc) is 2.96. The number of nitrogens with zero attached hydrogens (tertiary/aromatic N) is 6. The van der Waals surface area contributed by atoms with E-state index in [1.165, 1.54) is 18.5 Å². The van der Waals surface area contributed by atoms with Crippen molar-refractivity contribution in [3.05, 3.63) is 87.6 Å². The van der Waals surface area contributed by atoms with E-state index >= 15 is 0 Å². The molecule has 4 aromatic rings. The summed E-state index contributed by atoms with van der Waals surface area (Å²) in [5, 5.41) is 0.899. The van der Waals surface area contributed by atoms with Gasteiger partial charge in [0.25, 0.3) is 0 Å². The van der Waals surface area contributed by atoms with Gasteiger partial charge in [0.05, 0.1) is 27.5 Å². The van der Waals surface area contributed by atoms with E-state index in [0.717, 1.165) is 11.3 Å². The van der Waals surface area contributed by atoms with Crippen LogP contribution in [-0.2, 0) is 4.79 Å². The summed E-state index contributed by atoms with van der Waals surface area (Å²) in [6.45, 7) is 14.5. The Kier molecular flexibility index (Phi) is 8.25. The molecule has 2 atom stereocenters. The predicted octanol–water partition coefficient (Wildman–Crippen LogP) is 4.31. The average molecular weight is 597 g/mol. The van der Waals surface area contributed by atoms with Gasteiger partial charge in [-0.15, -0.1) is 0 Å². The van der Waals surface area contributed by atoms with Crippen molar-refractivity contribution in [2.24, 2.45) is 0 Å². The SMILES string of the molecule is BC(=O)c1ccccc1-c1nc2c(cc1Cl)c(N1[C@@H](C)CN(C(=O)C=C)C[C@@H]1C)nc(=O)n2-c1c(C)ccnc1C(C)C. The van der Waals surface area contributed by atoms with Crippen LogP contribution in [0.3, 0.4) is 0 Å². The van der Waals surface area contributed by atoms with Crippen LogP contribution in [0, 0.1) is 6.92 Å². The van der Waals surface area contributed by atoms with Crippen molar-refractivity contribution in [1.82, 2.24) is 24.4 Å². The van der Waals surface area contributed by atoms with E-state index in [1.54, 1.807) is 35.4 Å². The molecule has 5 rings (SSSR count). The highest BCUT2D eigenvalue weighted by Crippen LogP contribution is 2.37. The lowest BCUT2D eigenvalue weighted by molar-refractivity contribution is -0.127. The highest BCUT2D eigenvalue weighted by atomic mass is 35.5. The lowest BCUT2D eigenvalue weighted by atomic mass is 9.90. The Bertz CT molecular complexity index is 1830. The summed E-state index contributed by atoms with van der Waals surface area (Å²) in [7, 11) is 1.50. The molecule has 11 heteroatoms. The molecule has 0 aliphatic carbocycles. The van der Waals surface area contributed by atoms with Crippen LogP contribution < -0.4 is 10.6 Å². The third-order valence-electron chi connectivity index (χ3n) is 7.94. The Hall–Kier alpha value is -4.31. The van der Waals surface area contributed by atoms with Gasteiger partial charge in [0.15, 0.2) is 13.5 Å². The van der Waals surface area contributed by atoms with E-state index in [4.69, 9.17) is 16.6 Å². The van der Waals surface area contributed by atoms with Gasteiger partial charge >= 0.3 is 5.69 Å². The molecule has 0 unspecified atom stereocenters. The Morgan fingerprint density at radius 3 is 2.42 bits per heavy atom. The minimum absolute atomic E-state index is 0.0113. The number of aryl methyl sites for hydroxylation is 1. The third-order valence-corrected chi connectivity index (χ3v) is 8.23. The number of rotatable bonds is 6. The van der Waals surface area contributed by atoms with Crippen molar-refractivity contribution in [2.45, 2.75) is 52.6 Å². The lowest BCUT2D eigenvalue weighted by Crippen LogP contribution is -2.58. The highest BCUT2D eigenvalue weighted by Gasteiger charge is 2.34. The number of anilines is 1. The zero-order chi connectivity index (χ0) is 31.2. The third kappa shape index (κ3) is 5.36. The van der Waals surface area contributed by atoms with Gasteiger partial charge < -0.3 is 14.6 Å². The van der Waals surface area contributed by atoms with Gasteiger partial charge in [0, 0.05) is 42.5 Å². The number of hydrogen-bond donors (Lipinski definition) is 0. The molecule has 0 spiro atoms. The second-order valence-corrected chi connectivity index (χ2v) is 11.8. The topological polar surface area (TPSA) is 101 Å². The first-order valence-corrected chi connectivity index (χ1v) is 14.7.